The summed E-state index contributed by atoms with van der Waals surface area (Å²) in [7, 11) is 0. The van der Waals surface area contributed by atoms with E-state index in [0.29, 0.717) is 0 Å². The minimum atomic E-state index is 0.0703. The van der Waals surface area contributed by atoms with Gasteiger partial charge in [-0.25, -0.2) is 0 Å². The van der Waals surface area contributed by atoms with E-state index in [4.69, 9.17) is 0 Å². The van der Waals surface area contributed by atoms with Crippen LogP contribution in [0.5, 0.6) is 0 Å². The number of hydrogen-bond donors (Lipinski definition) is 0. The van der Waals surface area contributed by atoms with Gasteiger partial charge in [0.2, 0.25) is 0 Å². The van der Waals surface area contributed by atoms with Crippen molar-refractivity contribution in [3.05, 3.63) is 64.7 Å². The van der Waals surface area contributed by atoms with E-state index < -0.39 is 0 Å². The molecule has 11 rings (SSSR count). The lowest BCUT2D eigenvalue weighted by molar-refractivity contribution is 0.0577. The summed E-state index contributed by atoms with van der Waals surface area (Å²) in [6.45, 7) is 20.8. The van der Waals surface area contributed by atoms with Crippen LogP contribution in [0.15, 0.2) is 42.5 Å². The molecule has 2 nitrogen and oxygen atoms in total. The lowest BCUT2D eigenvalue weighted by Gasteiger charge is -2.58. The molecule has 260 valence electrons. The maximum absolute atomic E-state index is 2.99. The number of benzene rings is 3. The zero-order chi connectivity index (χ0) is 34.3. The van der Waals surface area contributed by atoms with Crippen molar-refractivity contribution in [2.45, 2.75) is 160 Å². The Labute approximate surface area is 302 Å². The predicted octanol–water partition coefficient (Wildman–Crippen LogP) is 9.97. The van der Waals surface area contributed by atoms with Gasteiger partial charge in [-0.05, 0) is 121 Å². The van der Waals surface area contributed by atoms with Crippen LogP contribution in [0, 0.1) is 30.6 Å². The largest absolute Gasteiger partial charge is 0.335 e. The number of fused-ring (bicyclic) bond motifs is 12. The van der Waals surface area contributed by atoms with Crippen molar-refractivity contribution in [2.24, 2.45) is 23.7 Å². The standard InChI is InChI=1S/C47H59BN2/c1-28-20-34-41-36(21-28)48-37-23-33(43(2,3)4)22-35-42(37)50(47(8)27-32-17-12-10-15-30(32)25-45(35,47)6)39-19-13-18-38(40(39)48)49(41)46(7)26-31-16-11-9-14-29(31)24-44(34,46)5/h13,18-23,29-32H,9-12,14-17,24-27H2,1-8H3. The number of hydrogen-bond acceptors (Lipinski definition) is 2. The van der Waals surface area contributed by atoms with Crippen molar-refractivity contribution in [1.29, 1.82) is 0 Å². The molecule has 3 heteroatoms. The molecule has 0 N–H and O–H groups in total. The Kier molecular flexibility index (Phi) is 5.84. The van der Waals surface area contributed by atoms with Gasteiger partial charge in [0.1, 0.15) is 0 Å². The minimum Gasteiger partial charge on any atom is -0.335 e. The van der Waals surface area contributed by atoms with Crippen molar-refractivity contribution in [2.75, 3.05) is 9.80 Å². The van der Waals surface area contributed by atoms with Crippen LogP contribution in [0.2, 0.25) is 0 Å². The second-order valence-electron chi connectivity index (χ2n) is 20.9. The van der Waals surface area contributed by atoms with Crippen molar-refractivity contribution >= 4 is 45.9 Å². The number of nitrogens with zero attached hydrogens (tertiary/aromatic N) is 2. The fraction of sp³-hybridized carbons (Fsp3) is 0.617. The highest BCUT2D eigenvalue weighted by Crippen LogP contribution is 2.68. The lowest BCUT2D eigenvalue weighted by atomic mass is 9.33. The summed E-state index contributed by atoms with van der Waals surface area (Å²) >= 11 is 0. The molecular formula is C47H59BN2. The molecular weight excluding hydrogens is 603 g/mol. The summed E-state index contributed by atoms with van der Waals surface area (Å²) in [4.78, 5) is 5.97. The Hall–Kier alpha value is -2.68. The van der Waals surface area contributed by atoms with Crippen molar-refractivity contribution in [1.82, 2.24) is 0 Å². The molecule has 0 saturated heterocycles. The molecule has 50 heavy (non-hydrogen) atoms. The Bertz CT molecular complexity index is 1990. The number of anilines is 4. The Morgan fingerprint density at radius 1 is 0.620 bits per heavy atom. The molecule has 4 fully saturated rings. The smallest absolute Gasteiger partial charge is 0.252 e. The first kappa shape index (κ1) is 30.9. The SMILES string of the molecule is Cc1cc2c3c(c1)C1(C)CC4CCCCC4CC1(C)N3c1cccc3c1B2c1cc(C(C)(C)C)cc2c1N3C1(C)CC3CCCCC3CC21C. The van der Waals surface area contributed by atoms with E-state index >= 15 is 0 Å². The molecule has 3 aromatic carbocycles. The quantitative estimate of drug-likeness (QED) is 0.221. The van der Waals surface area contributed by atoms with E-state index in [2.05, 4.69) is 108 Å². The number of aryl methyl sites for hydroxylation is 1. The summed E-state index contributed by atoms with van der Waals surface area (Å²) in [5, 5.41) is 0. The summed E-state index contributed by atoms with van der Waals surface area (Å²) in [6.07, 6.45) is 16.8. The van der Waals surface area contributed by atoms with Crippen LogP contribution in [0.25, 0.3) is 0 Å². The van der Waals surface area contributed by atoms with Gasteiger partial charge in [-0.3, -0.25) is 0 Å². The molecule has 4 saturated carbocycles. The first-order chi connectivity index (χ1) is 23.8. The van der Waals surface area contributed by atoms with Crippen LogP contribution >= 0.6 is 0 Å². The molecule has 0 aromatic heterocycles. The minimum absolute atomic E-state index is 0.0703. The first-order valence-corrected chi connectivity index (χ1v) is 20.9. The average molecular weight is 663 g/mol. The van der Waals surface area contributed by atoms with E-state index in [1.807, 2.05) is 0 Å². The van der Waals surface area contributed by atoms with Crippen LogP contribution in [-0.4, -0.2) is 17.8 Å². The predicted molar refractivity (Wildman–Crippen MR) is 213 cm³/mol. The number of rotatable bonds is 0. The monoisotopic (exact) mass is 662 g/mol. The lowest BCUT2D eigenvalue weighted by Crippen LogP contribution is -2.67. The molecule has 0 amide bonds. The average Bonchev–Trinajstić information content (AvgIpc) is 3.40. The zero-order valence-electron chi connectivity index (χ0n) is 32.3. The van der Waals surface area contributed by atoms with Gasteiger partial charge in [-0.1, -0.05) is 122 Å². The molecule has 0 radical (unpaired) electrons. The van der Waals surface area contributed by atoms with E-state index in [0.717, 1.165) is 23.7 Å². The highest BCUT2D eigenvalue weighted by atomic mass is 15.3. The molecule has 4 aliphatic carbocycles. The van der Waals surface area contributed by atoms with Gasteiger partial charge in [0.15, 0.2) is 0 Å². The van der Waals surface area contributed by atoms with Crippen LogP contribution in [0.1, 0.15) is 148 Å². The van der Waals surface area contributed by atoms with Gasteiger partial charge in [-0.2, -0.15) is 0 Å². The molecule has 8 atom stereocenters. The summed E-state index contributed by atoms with van der Waals surface area (Å²) in [5.74, 6) is 3.46. The molecule has 4 aliphatic heterocycles. The van der Waals surface area contributed by atoms with Crippen LogP contribution < -0.4 is 26.2 Å². The second kappa shape index (κ2) is 9.46. The zero-order valence-corrected chi connectivity index (χ0v) is 32.3. The highest BCUT2D eigenvalue weighted by molar-refractivity contribution is 7.00. The van der Waals surface area contributed by atoms with Gasteiger partial charge in [-0.15, -0.1) is 0 Å². The second-order valence-corrected chi connectivity index (χ2v) is 20.9. The Balaban J connectivity index is 1.22. The van der Waals surface area contributed by atoms with E-state index in [1.165, 1.54) is 99.6 Å². The fourth-order valence-corrected chi connectivity index (χ4v) is 14.7. The fourth-order valence-electron chi connectivity index (χ4n) is 14.7. The molecule has 0 bridgehead atoms. The van der Waals surface area contributed by atoms with E-state index in [-0.39, 0.29) is 34.0 Å². The van der Waals surface area contributed by atoms with Gasteiger partial charge in [0, 0.05) is 33.6 Å². The van der Waals surface area contributed by atoms with Gasteiger partial charge < -0.3 is 9.80 Å². The summed E-state index contributed by atoms with van der Waals surface area (Å²) in [6, 6.07) is 18.3. The van der Waals surface area contributed by atoms with Gasteiger partial charge in [0.05, 0.1) is 11.1 Å². The Morgan fingerprint density at radius 3 is 1.58 bits per heavy atom. The van der Waals surface area contributed by atoms with Crippen molar-refractivity contribution in [3.63, 3.8) is 0 Å². The topological polar surface area (TPSA) is 6.48 Å². The van der Waals surface area contributed by atoms with Crippen molar-refractivity contribution in [3.8, 4) is 0 Å². The normalized spacial score (nSPS) is 38.4. The van der Waals surface area contributed by atoms with Crippen molar-refractivity contribution < 1.29 is 0 Å². The van der Waals surface area contributed by atoms with E-state index in [9.17, 15) is 0 Å². The maximum atomic E-state index is 2.99. The molecule has 8 aliphatic rings. The van der Waals surface area contributed by atoms with Crippen LogP contribution in [-0.2, 0) is 16.2 Å². The third-order valence-electron chi connectivity index (χ3n) is 17.5. The third-order valence-corrected chi connectivity index (χ3v) is 17.5. The summed E-state index contributed by atoms with van der Waals surface area (Å²) in [5.41, 5.74) is 17.9. The van der Waals surface area contributed by atoms with Gasteiger partial charge >= 0.3 is 0 Å². The molecule has 0 spiro atoms. The summed E-state index contributed by atoms with van der Waals surface area (Å²) < 4.78 is 0. The molecule has 4 heterocycles. The van der Waals surface area contributed by atoms with Gasteiger partial charge in [0.25, 0.3) is 6.71 Å². The van der Waals surface area contributed by atoms with Crippen LogP contribution in [0.4, 0.5) is 22.7 Å². The van der Waals surface area contributed by atoms with Crippen LogP contribution in [0.3, 0.4) is 0 Å². The Morgan fingerprint density at radius 2 is 1.08 bits per heavy atom. The molecule has 3 aromatic rings. The first-order valence-electron chi connectivity index (χ1n) is 20.9. The van der Waals surface area contributed by atoms with E-state index in [1.54, 1.807) is 38.9 Å². The highest BCUT2D eigenvalue weighted by Gasteiger charge is 2.67. The molecule has 8 unspecified atom stereocenters. The third kappa shape index (κ3) is 3.42. The maximum Gasteiger partial charge on any atom is 0.252 e.